The number of aryl methyl sites for hydroxylation is 1. The Kier molecular flexibility index (Phi) is 2.48. The van der Waals surface area contributed by atoms with Crippen LogP contribution in [0.5, 0.6) is 0 Å². The summed E-state index contributed by atoms with van der Waals surface area (Å²) in [5.41, 5.74) is 3.16. The maximum atomic E-state index is 5.43. The molecular weight excluding hydrogens is 278 g/mol. The number of hydrogen-bond donors (Lipinski definition) is 0. The van der Waals surface area contributed by atoms with Crippen LogP contribution in [0.25, 0.3) is 22.2 Å². The molecule has 2 aromatic carbocycles. The van der Waals surface area contributed by atoms with Gasteiger partial charge in [0.05, 0.1) is 0 Å². The van der Waals surface area contributed by atoms with E-state index in [9.17, 15) is 0 Å². The normalized spacial score (nSPS) is 10.9. The van der Waals surface area contributed by atoms with Crippen molar-refractivity contribution >= 4 is 26.8 Å². The smallest absolute Gasteiger partial charge is 0.174 e. The largest absolute Gasteiger partial charge is 0.355 e. The zero-order valence-corrected chi connectivity index (χ0v) is 10.9. The monoisotopic (exact) mass is 287 g/mol. The summed E-state index contributed by atoms with van der Waals surface area (Å²) in [6.45, 7) is 2.07. The molecule has 0 aliphatic rings. The van der Waals surface area contributed by atoms with Crippen molar-refractivity contribution in [2.24, 2.45) is 0 Å². The lowest BCUT2D eigenvalue weighted by molar-refractivity contribution is 0.441. The van der Waals surface area contributed by atoms with Crippen molar-refractivity contribution in [1.29, 1.82) is 0 Å². The van der Waals surface area contributed by atoms with Gasteiger partial charge < -0.3 is 4.52 Å². The van der Waals surface area contributed by atoms with Gasteiger partial charge >= 0.3 is 0 Å². The summed E-state index contributed by atoms with van der Waals surface area (Å²) in [4.78, 5) is 0. The van der Waals surface area contributed by atoms with Crippen LogP contribution in [0, 0.1) is 6.92 Å². The Balaban J connectivity index is 2.21. The van der Waals surface area contributed by atoms with Gasteiger partial charge in [-0.1, -0.05) is 50.9 Å². The topological polar surface area (TPSA) is 26.0 Å². The van der Waals surface area contributed by atoms with Gasteiger partial charge in [-0.25, -0.2) is 0 Å². The zero-order chi connectivity index (χ0) is 11.8. The van der Waals surface area contributed by atoms with Crippen LogP contribution in [-0.4, -0.2) is 5.16 Å². The van der Waals surface area contributed by atoms with Crippen molar-refractivity contribution in [2.75, 3.05) is 0 Å². The Morgan fingerprint density at radius 2 is 1.82 bits per heavy atom. The molecular formula is C14H10BrNO. The van der Waals surface area contributed by atoms with Crippen molar-refractivity contribution in [3.05, 3.63) is 52.5 Å². The molecule has 0 saturated carbocycles. The van der Waals surface area contributed by atoms with Crippen molar-refractivity contribution < 1.29 is 4.52 Å². The summed E-state index contributed by atoms with van der Waals surface area (Å²) < 4.78 is 6.43. The van der Waals surface area contributed by atoms with E-state index in [0.717, 1.165) is 26.7 Å². The van der Waals surface area contributed by atoms with Crippen LogP contribution in [0.2, 0.25) is 0 Å². The first-order chi connectivity index (χ1) is 8.24. The Morgan fingerprint density at radius 1 is 1.06 bits per heavy atom. The number of halogens is 1. The van der Waals surface area contributed by atoms with Crippen LogP contribution in [0.1, 0.15) is 5.56 Å². The average Bonchev–Trinajstić information content (AvgIpc) is 2.73. The summed E-state index contributed by atoms with van der Waals surface area (Å²) in [6, 6.07) is 14.2. The first kappa shape index (κ1) is 10.5. The Bertz CT molecular complexity index is 670. The highest BCUT2D eigenvalue weighted by atomic mass is 79.9. The number of benzene rings is 2. The van der Waals surface area contributed by atoms with E-state index < -0.39 is 0 Å². The van der Waals surface area contributed by atoms with Gasteiger partial charge in [0.25, 0.3) is 0 Å². The quantitative estimate of drug-likeness (QED) is 0.655. The van der Waals surface area contributed by atoms with Crippen LogP contribution in [-0.2, 0) is 0 Å². The molecule has 2 nitrogen and oxygen atoms in total. The maximum Gasteiger partial charge on any atom is 0.174 e. The number of hydrogen-bond acceptors (Lipinski definition) is 2. The zero-order valence-electron chi connectivity index (χ0n) is 9.27. The van der Waals surface area contributed by atoms with Gasteiger partial charge in [-0.15, -0.1) is 0 Å². The molecule has 3 rings (SSSR count). The molecule has 0 bridgehead atoms. The summed E-state index contributed by atoms with van der Waals surface area (Å²) >= 11 is 3.43. The molecule has 0 unspecified atom stereocenters. The molecule has 3 heteroatoms. The molecule has 0 aliphatic heterocycles. The van der Waals surface area contributed by atoms with E-state index in [1.165, 1.54) is 5.56 Å². The van der Waals surface area contributed by atoms with Crippen molar-refractivity contribution in [3.8, 4) is 11.3 Å². The summed E-state index contributed by atoms with van der Waals surface area (Å²) in [5.74, 6) is 0.826. The van der Waals surface area contributed by atoms with Gasteiger partial charge in [-0.3, -0.25) is 0 Å². The highest BCUT2D eigenvalue weighted by molar-refractivity contribution is 9.10. The predicted octanol–water partition coefficient (Wildman–Crippen LogP) is 4.57. The average molecular weight is 288 g/mol. The highest BCUT2D eigenvalue weighted by Crippen LogP contribution is 2.30. The second kappa shape index (κ2) is 4.00. The molecule has 0 amide bonds. The molecule has 3 aromatic rings. The lowest BCUT2D eigenvalue weighted by atomic mass is 10.1. The highest BCUT2D eigenvalue weighted by Gasteiger charge is 2.10. The van der Waals surface area contributed by atoms with Crippen molar-refractivity contribution in [1.82, 2.24) is 5.16 Å². The minimum Gasteiger partial charge on any atom is -0.355 e. The molecule has 1 aromatic heterocycles. The molecule has 0 radical (unpaired) electrons. The second-order valence-electron chi connectivity index (χ2n) is 4.04. The molecule has 0 saturated heterocycles. The second-order valence-corrected chi connectivity index (χ2v) is 4.95. The van der Waals surface area contributed by atoms with Gasteiger partial charge in [0.2, 0.25) is 0 Å². The van der Waals surface area contributed by atoms with Crippen LogP contribution < -0.4 is 0 Å². The third-order valence-corrected chi connectivity index (χ3v) is 3.25. The van der Waals surface area contributed by atoms with E-state index in [4.69, 9.17) is 4.52 Å². The van der Waals surface area contributed by atoms with Crippen LogP contribution >= 0.6 is 15.9 Å². The van der Waals surface area contributed by atoms with Crippen LogP contribution in [0.3, 0.4) is 0 Å². The number of fused-ring (bicyclic) bond motifs is 1. The fraction of sp³-hybridized carbons (Fsp3) is 0.0714. The Morgan fingerprint density at radius 3 is 2.59 bits per heavy atom. The molecule has 0 spiro atoms. The van der Waals surface area contributed by atoms with Gasteiger partial charge in [0.1, 0.15) is 5.52 Å². The van der Waals surface area contributed by atoms with Crippen LogP contribution in [0.15, 0.2) is 51.5 Å². The molecule has 0 aliphatic carbocycles. The number of rotatable bonds is 1. The fourth-order valence-electron chi connectivity index (χ4n) is 1.83. The lowest BCUT2D eigenvalue weighted by Crippen LogP contribution is -1.76. The molecule has 84 valence electrons. The van der Waals surface area contributed by atoms with Crippen molar-refractivity contribution in [2.45, 2.75) is 6.92 Å². The van der Waals surface area contributed by atoms with Gasteiger partial charge in [0.15, 0.2) is 5.76 Å². The minimum absolute atomic E-state index is 0.826. The maximum absolute atomic E-state index is 5.43. The standard InChI is InChI=1S/C14H10BrNO/c1-9-2-4-10(5-3-9)14-12-7-6-11(15)8-13(12)16-17-14/h2-8H,1H3. The molecule has 1 heterocycles. The van der Waals surface area contributed by atoms with Crippen LogP contribution in [0.4, 0.5) is 0 Å². The van der Waals surface area contributed by atoms with E-state index >= 15 is 0 Å². The molecule has 0 fully saturated rings. The Labute approximate surface area is 107 Å². The minimum atomic E-state index is 0.826. The van der Waals surface area contributed by atoms with E-state index in [1.807, 2.05) is 18.2 Å². The fourth-order valence-corrected chi connectivity index (χ4v) is 2.18. The predicted molar refractivity (Wildman–Crippen MR) is 71.9 cm³/mol. The van der Waals surface area contributed by atoms with E-state index in [-0.39, 0.29) is 0 Å². The van der Waals surface area contributed by atoms with Gasteiger partial charge in [-0.2, -0.15) is 0 Å². The number of aromatic nitrogens is 1. The molecule has 0 N–H and O–H groups in total. The molecule has 17 heavy (non-hydrogen) atoms. The lowest BCUT2D eigenvalue weighted by Gasteiger charge is -1.97. The first-order valence-corrected chi connectivity index (χ1v) is 6.15. The third-order valence-electron chi connectivity index (χ3n) is 2.75. The third kappa shape index (κ3) is 1.87. The van der Waals surface area contributed by atoms with E-state index in [2.05, 4.69) is 52.3 Å². The number of nitrogens with zero attached hydrogens (tertiary/aromatic N) is 1. The summed E-state index contributed by atoms with van der Waals surface area (Å²) in [6.07, 6.45) is 0. The Hall–Kier alpha value is -1.61. The SMILES string of the molecule is Cc1ccc(-c2onc3cc(Br)ccc23)cc1. The van der Waals surface area contributed by atoms with Gasteiger partial charge in [-0.05, 0) is 25.1 Å². The molecule has 0 atom stereocenters. The summed E-state index contributed by atoms with van der Waals surface area (Å²) in [5, 5.41) is 5.11. The van der Waals surface area contributed by atoms with E-state index in [1.54, 1.807) is 0 Å². The first-order valence-electron chi connectivity index (χ1n) is 5.36. The summed E-state index contributed by atoms with van der Waals surface area (Å²) in [7, 11) is 0. The van der Waals surface area contributed by atoms with Crippen molar-refractivity contribution in [3.63, 3.8) is 0 Å². The van der Waals surface area contributed by atoms with E-state index in [0.29, 0.717) is 0 Å². The van der Waals surface area contributed by atoms with Gasteiger partial charge in [0, 0.05) is 15.4 Å².